The Balaban J connectivity index is 1.90. The average molecular weight is 435 g/mol. The van der Waals surface area contributed by atoms with Crippen LogP contribution in [-0.2, 0) is 16.0 Å². The van der Waals surface area contributed by atoms with Gasteiger partial charge in [-0.3, -0.25) is 9.59 Å². The van der Waals surface area contributed by atoms with E-state index >= 15 is 0 Å². The molecule has 0 heterocycles. The number of nitriles is 1. The molecule has 0 saturated heterocycles. The maximum atomic E-state index is 12.2. The molecule has 0 fully saturated rings. The van der Waals surface area contributed by atoms with E-state index in [1.807, 2.05) is 36.4 Å². The average Bonchev–Trinajstić information content (AvgIpc) is 2.78. The van der Waals surface area contributed by atoms with Crippen molar-refractivity contribution in [2.75, 3.05) is 13.2 Å². The molecule has 0 aromatic heterocycles. The lowest BCUT2D eigenvalue weighted by Gasteiger charge is -2.18. The molecule has 9 heteroatoms. The predicted molar refractivity (Wildman–Crippen MR) is 121 cm³/mol. The van der Waals surface area contributed by atoms with Gasteiger partial charge in [-0.25, -0.2) is 0 Å². The van der Waals surface area contributed by atoms with Crippen molar-refractivity contribution in [1.82, 2.24) is 10.6 Å². The highest BCUT2D eigenvalue weighted by molar-refractivity contribution is 6.43. The molecule has 1 atom stereocenters. The van der Waals surface area contributed by atoms with E-state index in [-0.39, 0.29) is 30.9 Å². The molecule has 1 unspecified atom stereocenters. The van der Waals surface area contributed by atoms with Gasteiger partial charge >= 0.3 is 7.12 Å². The number of carbonyl (C=O) groups excluding carboxylic acids is 2. The number of likely N-dealkylation sites (N-methyl/N-ethyl adjacent to an activating group) is 1. The van der Waals surface area contributed by atoms with E-state index in [1.54, 1.807) is 31.2 Å². The van der Waals surface area contributed by atoms with Gasteiger partial charge in [0.2, 0.25) is 5.91 Å². The Bertz CT molecular complexity index is 973. The summed E-state index contributed by atoms with van der Waals surface area (Å²) in [5.74, 6) is -1.19. The Morgan fingerprint density at radius 2 is 1.94 bits per heavy atom. The molecule has 32 heavy (non-hydrogen) atoms. The molecule has 2 rings (SSSR count). The number of ether oxygens (including phenoxy) is 1. The molecule has 4 N–H and O–H groups in total. The van der Waals surface area contributed by atoms with Gasteiger partial charge in [-0.15, -0.1) is 0 Å². The van der Waals surface area contributed by atoms with Gasteiger partial charge in [0, 0.05) is 6.54 Å². The zero-order chi connectivity index (χ0) is 23.3. The van der Waals surface area contributed by atoms with Gasteiger partial charge in [-0.05, 0) is 42.7 Å². The first kappa shape index (κ1) is 24.7. The molecule has 2 aromatic rings. The minimum atomic E-state index is -1.69. The minimum Gasteiger partial charge on any atom is -0.493 e. The summed E-state index contributed by atoms with van der Waals surface area (Å²) in [7, 11) is -1.69. The molecule has 2 amide bonds. The van der Waals surface area contributed by atoms with Crippen LogP contribution in [0.3, 0.4) is 0 Å². The van der Waals surface area contributed by atoms with E-state index in [9.17, 15) is 19.6 Å². The highest BCUT2D eigenvalue weighted by Crippen LogP contribution is 2.16. The summed E-state index contributed by atoms with van der Waals surface area (Å²) in [6.45, 7) is 2.26. The SMILES string of the molecule is CCNC(=O)C(C#N)=Cc1cccc(OCCC(=O)NC(Cc2ccccc2)B(O)O)c1. The lowest BCUT2D eigenvalue weighted by atomic mass is 9.76. The highest BCUT2D eigenvalue weighted by atomic mass is 16.5. The quantitative estimate of drug-likeness (QED) is 0.239. The molecule has 0 aliphatic carbocycles. The van der Waals surface area contributed by atoms with Crippen LogP contribution in [-0.4, -0.2) is 48.1 Å². The fourth-order valence-corrected chi connectivity index (χ4v) is 2.90. The summed E-state index contributed by atoms with van der Waals surface area (Å²) < 4.78 is 5.60. The molecule has 0 aliphatic rings. The van der Waals surface area contributed by atoms with E-state index in [1.165, 1.54) is 6.08 Å². The molecular formula is C23H26BN3O5. The first-order valence-electron chi connectivity index (χ1n) is 10.2. The van der Waals surface area contributed by atoms with Gasteiger partial charge in [-0.2, -0.15) is 5.26 Å². The van der Waals surface area contributed by atoms with Crippen LogP contribution in [0.1, 0.15) is 24.5 Å². The first-order valence-corrected chi connectivity index (χ1v) is 10.2. The molecular weight excluding hydrogens is 409 g/mol. The van der Waals surface area contributed by atoms with Gasteiger partial charge in [0.15, 0.2) is 0 Å². The van der Waals surface area contributed by atoms with Gasteiger partial charge in [0.1, 0.15) is 17.4 Å². The van der Waals surface area contributed by atoms with Crippen LogP contribution in [0.2, 0.25) is 0 Å². The topological polar surface area (TPSA) is 132 Å². The predicted octanol–water partition coefficient (Wildman–Crippen LogP) is 1.24. The van der Waals surface area contributed by atoms with Crippen molar-refractivity contribution in [2.24, 2.45) is 0 Å². The van der Waals surface area contributed by atoms with Crippen LogP contribution < -0.4 is 15.4 Å². The van der Waals surface area contributed by atoms with Crippen LogP contribution in [0.25, 0.3) is 6.08 Å². The molecule has 8 nitrogen and oxygen atoms in total. The number of nitrogens with zero attached hydrogens (tertiary/aromatic N) is 1. The number of benzene rings is 2. The molecule has 0 aliphatic heterocycles. The fourth-order valence-electron chi connectivity index (χ4n) is 2.90. The van der Waals surface area contributed by atoms with E-state index < -0.39 is 19.0 Å². The molecule has 0 radical (unpaired) electrons. The standard InChI is InChI=1S/C23H26BN3O5/c1-2-26-23(29)19(16-25)13-18-9-6-10-20(14-18)32-12-11-22(28)27-21(24(30)31)15-17-7-4-3-5-8-17/h3-10,13-14,21,30-31H,2,11-12,15H2,1H3,(H,26,29)(H,27,28). The largest absolute Gasteiger partial charge is 0.493 e. The number of amides is 2. The van der Waals surface area contributed by atoms with Crippen LogP contribution in [0.4, 0.5) is 0 Å². The van der Waals surface area contributed by atoms with Gasteiger partial charge in [-0.1, -0.05) is 42.5 Å². The third kappa shape index (κ3) is 8.26. The van der Waals surface area contributed by atoms with Crippen molar-refractivity contribution in [3.63, 3.8) is 0 Å². The van der Waals surface area contributed by atoms with Crippen LogP contribution in [0.5, 0.6) is 5.75 Å². The fraction of sp³-hybridized carbons (Fsp3) is 0.261. The van der Waals surface area contributed by atoms with E-state index in [0.29, 0.717) is 17.9 Å². The Labute approximate surface area is 187 Å². The minimum absolute atomic E-state index is 0.0143. The van der Waals surface area contributed by atoms with Crippen LogP contribution in [0, 0.1) is 11.3 Å². The second kappa shape index (κ2) is 12.9. The summed E-state index contributed by atoms with van der Waals surface area (Å²) >= 11 is 0. The Morgan fingerprint density at radius 1 is 1.19 bits per heavy atom. The maximum Gasteiger partial charge on any atom is 0.475 e. The van der Waals surface area contributed by atoms with E-state index in [2.05, 4.69) is 10.6 Å². The number of nitrogens with one attached hydrogen (secondary N) is 2. The van der Waals surface area contributed by atoms with Crippen LogP contribution >= 0.6 is 0 Å². The third-order valence-corrected chi connectivity index (χ3v) is 4.47. The summed E-state index contributed by atoms with van der Waals surface area (Å²) in [5.41, 5.74) is 1.47. The van der Waals surface area contributed by atoms with Crippen molar-refractivity contribution in [1.29, 1.82) is 5.26 Å². The smallest absolute Gasteiger partial charge is 0.475 e. The van der Waals surface area contributed by atoms with E-state index in [4.69, 9.17) is 10.00 Å². The third-order valence-electron chi connectivity index (χ3n) is 4.47. The molecule has 0 spiro atoms. The number of carbonyl (C=O) groups is 2. The van der Waals surface area contributed by atoms with E-state index in [0.717, 1.165) is 5.56 Å². The summed E-state index contributed by atoms with van der Waals surface area (Å²) in [6, 6.07) is 17.9. The number of hydrogen-bond acceptors (Lipinski definition) is 6. The Hall–Kier alpha value is -3.61. The van der Waals surface area contributed by atoms with Crippen molar-refractivity contribution < 1.29 is 24.4 Å². The second-order valence-electron chi connectivity index (χ2n) is 6.98. The van der Waals surface area contributed by atoms with Crippen molar-refractivity contribution in [3.8, 4) is 11.8 Å². The molecule has 2 aromatic carbocycles. The van der Waals surface area contributed by atoms with Crippen molar-refractivity contribution in [3.05, 3.63) is 71.3 Å². The van der Waals surface area contributed by atoms with Gasteiger partial charge < -0.3 is 25.4 Å². The Kier molecular flexibility index (Phi) is 9.98. The van der Waals surface area contributed by atoms with Crippen molar-refractivity contribution >= 4 is 25.0 Å². The van der Waals surface area contributed by atoms with Crippen LogP contribution in [0.15, 0.2) is 60.2 Å². The van der Waals surface area contributed by atoms with Crippen molar-refractivity contribution in [2.45, 2.75) is 25.7 Å². The summed E-state index contributed by atoms with van der Waals surface area (Å²) in [6.07, 6.45) is 1.76. The lowest BCUT2D eigenvalue weighted by Crippen LogP contribution is -2.48. The lowest BCUT2D eigenvalue weighted by molar-refractivity contribution is -0.122. The first-order chi connectivity index (χ1) is 15.4. The number of hydrogen-bond donors (Lipinski definition) is 4. The summed E-state index contributed by atoms with van der Waals surface area (Å²) in [4.78, 5) is 24.1. The van der Waals surface area contributed by atoms with Gasteiger partial charge in [0.05, 0.1) is 19.0 Å². The monoisotopic (exact) mass is 435 g/mol. The summed E-state index contributed by atoms with van der Waals surface area (Å²) in [5, 5.41) is 33.5. The second-order valence-corrected chi connectivity index (χ2v) is 6.98. The normalized spacial score (nSPS) is 11.8. The zero-order valence-corrected chi connectivity index (χ0v) is 17.8. The molecule has 166 valence electrons. The van der Waals surface area contributed by atoms with Gasteiger partial charge in [0.25, 0.3) is 5.91 Å². The highest BCUT2D eigenvalue weighted by Gasteiger charge is 2.25. The zero-order valence-electron chi connectivity index (χ0n) is 17.8. The molecule has 0 saturated carbocycles. The maximum absolute atomic E-state index is 12.2. The Morgan fingerprint density at radius 3 is 2.59 bits per heavy atom. The number of rotatable bonds is 11. The molecule has 0 bridgehead atoms.